The number of benzene rings is 1. The Balaban J connectivity index is 2.91. The molecule has 0 saturated carbocycles. The SMILES string of the molecule is COC(=O)C(C)CN(CCC(C)C)C(=O)c1ccccc1F. The number of hydrogen-bond acceptors (Lipinski definition) is 3. The van der Waals surface area contributed by atoms with Crippen LogP contribution in [0.15, 0.2) is 24.3 Å². The van der Waals surface area contributed by atoms with Crippen molar-refractivity contribution in [3.63, 3.8) is 0 Å². The van der Waals surface area contributed by atoms with Crippen molar-refractivity contribution in [3.8, 4) is 0 Å². The molecule has 1 aromatic carbocycles. The minimum atomic E-state index is -0.548. The minimum absolute atomic E-state index is 0.0309. The molecule has 0 radical (unpaired) electrons. The summed E-state index contributed by atoms with van der Waals surface area (Å²) in [5.41, 5.74) is 0.0309. The molecule has 1 amide bonds. The van der Waals surface area contributed by atoms with Crippen LogP contribution in [-0.2, 0) is 9.53 Å². The summed E-state index contributed by atoms with van der Waals surface area (Å²) >= 11 is 0. The summed E-state index contributed by atoms with van der Waals surface area (Å²) in [6.45, 7) is 6.49. The van der Waals surface area contributed by atoms with Crippen molar-refractivity contribution in [2.45, 2.75) is 27.2 Å². The van der Waals surface area contributed by atoms with Crippen LogP contribution in [0.1, 0.15) is 37.6 Å². The highest BCUT2D eigenvalue weighted by Crippen LogP contribution is 2.14. The summed E-state index contributed by atoms with van der Waals surface area (Å²) in [5, 5.41) is 0. The van der Waals surface area contributed by atoms with Crippen molar-refractivity contribution < 1.29 is 18.7 Å². The quantitative estimate of drug-likeness (QED) is 0.727. The Kier molecular flexibility index (Phi) is 7.02. The van der Waals surface area contributed by atoms with Crippen molar-refractivity contribution in [3.05, 3.63) is 35.6 Å². The van der Waals surface area contributed by atoms with Crippen molar-refractivity contribution >= 4 is 11.9 Å². The zero-order valence-electron chi connectivity index (χ0n) is 13.6. The lowest BCUT2D eigenvalue weighted by Gasteiger charge is -2.26. The first-order chi connectivity index (χ1) is 10.4. The molecule has 22 heavy (non-hydrogen) atoms. The Morgan fingerprint density at radius 1 is 1.23 bits per heavy atom. The first-order valence-corrected chi connectivity index (χ1v) is 7.48. The van der Waals surface area contributed by atoms with Crippen LogP contribution in [0.25, 0.3) is 0 Å². The molecule has 0 spiro atoms. The van der Waals surface area contributed by atoms with Gasteiger partial charge < -0.3 is 9.64 Å². The molecule has 0 aliphatic heterocycles. The van der Waals surface area contributed by atoms with E-state index in [1.54, 1.807) is 19.1 Å². The monoisotopic (exact) mass is 309 g/mol. The van der Waals surface area contributed by atoms with Gasteiger partial charge in [0, 0.05) is 13.1 Å². The topological polar surface area (TPSA) is 46.6 Å². The van der Waals surface area contributed by atoms with Gasteiger partial charge in [0.1, 0.15) is 5.82 Å². The fourth-order valence-corrected chi connectivity index (χ4v) is 2.10. The minimum Gasteiger partial charge on any atom is -0.469 e. The van der Waals surface area contributed by atoms with E-state index in [0.717, 1.165) is 6.42 Å². The van der Waals surface area contributed by atoms with Gasteiger partial charge in [0.2, 0.25) is 0 Å². The van der Waals surface area contributed by atoms with E-state index in [2.05, 4.69) is 13.8 Å². The molecule has 0 aliphatic rings. The first-order valence-electron chi connectivity index (χ1n) is 7.48. The van der Waals surface area contributed by atoms with Crippen molar-refractivity contribution in [1.29, 1.82) is 0 Å². The third-order valence-electron chi connectivity index (χ3n) is 3.47. The van der Waals surface area contributed by atoms with Crippen LogP contribution >= 0.6 is 0 Å². The first kappa shape index (κ1) is 18.1. The summed E-state index contributed by atoms with van der Waals surface area (Å²) in [5.74, 6) is -1.37. The standard InChI is InChI=1S/C17H24FNO3/c1-12(2)9-10-19(11-13(3)17(21)22-4)16(20)14-7-5-6-8-15(14)18/h5-8,12-13H,9-11H2,1-4H3. The van der Waals surface area contributed by atoms with Crippen LogP contribution < -0.4 is 0 Å². The van der Waals surface area contributed by atoms with E-state index in [4.69, 9.17) is 4.74 Å². The van der Waals surface area contributed by atoms with Crippen LogP contribution in [0.3, 0.4) is 0 Å². The molecule has 0 heterocycles. The number of halogens is 1. The normalized spacial score (nSPS) is 12.1. The van der Waals surface area contributed by atoms with E-state index in [-0.39, 0.29) is 18.1 Å². The van der Waals surface area contributed by atoms with Gasteiger partial charge in [-0.25, -0.2) is 4.39 Å². The molecular formula is C17H24FNO3. The van der Waals surface area contributed by atoms with Gasteiger partial charge in [-0.05, 0) is 24.5 Å². The number of rotatable bonds is 7. The van der Waals surface area contributed by atoms with Gasteiger partial charge in [-0.2, -0.15) is 0 Å². The Bertz CT molecular complexity index is 516. The molecule has 0 aliphatic carbocycles. The number of amides is 1. The maximum absolute atomic E-state index is 13.8. The molecule has 0 saturated heterocycles. The van der Waals surface area contributed by atoms with Gasteiger partial charge in [-0.1, -0.05) is 32.9 Å². The summed E-state index contributed by atoms with van der Waals surface area (Å²) in [6.07, 6.45) is 0.786. The molecule has 1 rings (SSSR count). The summed E-state index contributed by atoms with van der Waals surface area (Å²) < 4.78 is 18.5. The van der Waals surface area contributed by atoms with Gasteiger partial charge in [-0.3, -0.25) is 9.59 Å². The lowest BCUT2D eigenvalue weighted by Crippen LogP contribution is -2.38. The summed E-state index contributed by atoms with van der Waals surface area (Å²) in [7, 11) is 1.32. The molecule has 0 bridgehead atoms. The van der Waals surface area contributed by atoms with E-state index >= 15 is 0 Å². The second kappa shape index (κ2) is 8.51. The third kappa shape index (κ3) is 5.13. The zero-order valence-corrected chi connectivity index (χ0v) is 13.6. The molecule has 0 fully saturated rings. The lowest BCUT2D eigenvalue weighted by molar-refractivity contribution is -0.145. The van der Waals surface area contributed by atoms with Crippen LogP contribution in [0.5, 0.6) is 0 Å². The Labute approximate surface area is 131 Å². The number of methoxy groups -OCH3 is 1. The van der Waals surface area contributed by atoms with Crippen molar-refractivity contribution in [2.24, 2.45) is 11.8 Å². The second-order valence-electron chi connectivity index (χ2n) is 5.84. The highest BCUT2D eigenvalue weighted by atomic mass is 19.1. The van der Waals surface area contributed by atoms with Crippen LogP contribution in [0.2, 0.25) is 0 Å². The van der Waals surface area contributed by atoms with Crippen LogP contribution in [0, 0.1) is 17.7 Å². The molecule has 122 valence electrons. The number of carbonyl (C=O) groups excluding carboxylic acids is 2. The number of esters is 1. The smallest absolute Gasteiger partial charge is 0.310 e. The zero-order chi connectivity index (χ0) is 16.7. The molecule has 1 atom stereocenters. The van der Waals surface area contributed by atoms with Crippen LogP contribution in [-0.4, -0.2) is 37.0 Å². The molecule has 5 heteroatoms. The largest absolute Gasteiger partial charge is 0.469 e. The number of nitrogens with zero attached hydrogens (tertiary/aromatic N) is 1. The Hall–Kier alpha value is -1.91. The maximum atomic E-state index is 13.8. The highest BCUT2D eigenvalue weighted by molar-refractivity contribution is 5.94. The summed E-state index contributed by atoms with van der Waals surface area (Å²) in [4.78, 5) is 25.7. The number of ether oxygens (including phenoxy) is 1. The van der Waals surface area contributed by atoms with E-state index in [1.807, 2.05) is 0 Å². The predicted molar refractivity (Wildman–Crippen MR) is 82.9 cm³/mol. The Morgan fingerprint density at radius 3 is 2.41 bits per heavy atom. The van der Waals surface area contributed by atoms with E-state index in [1.165, 1.54) is 24.1 Å². The Morgan fingerprint density at radius 2 is 1.86 bits per heavy atom. The van der Waals surface area contributed by atoms with Gasteiger partial charge in [-0.15, -0.1) is 0 Å². The van der Waals surface area contributed by atoms with E-state index < -0.39 is 17.6 Å². The molecule has 1 unspecified atom stereocenters. The van der Waals surface area contributed by atoms with Crippen molar-refractivity contribution in [2.75, 3.05) is 20.2 Å². The maximum Gasteiger partial charge on any atom is 0.310 e. The fourth-order valence-electron chi connectivity index (χ4n) is 2.10. The summed E-state index contributed by atoms with van der Waals surface area (Å²) in [6, 6.07) is 5.89. The molecule has 4 nitrogen and oxygen atoms in total. The number of hydrogen-bond donors (Lipinski definition) is 0. The predicted octanol–water partition coefficient (Wildman–Crippen LogP) is 3.12. The van der Waals surface area contributed by atoms with Gasteiger partial charge >= 0.3 is 5.97 Å². The second-order valence-corrected chi connectivity index (χ2v) is 5.84. The van der Waals surface area contributed by atoms with Gasteiger partial charge in [0.15, 0.2) is 0 Å². The average molecular weight is 309 g/mol. The molecule has 0 N–H and O–H groups in total. The molecule has 0 aromatic heterocycles. The van der Waals surface area contributed by atoms with E-state index in [0.29, 0.717) is 12.5 Å². The highest BCUT2D eigenvalue weighted by Gasteiger charge is 2.24. The van der Waals surface area contributed by atoms with Crippen LogP contribution in [0.4, 0.5) is 4.39 Å². The molecular weight excluding hydrogens is 285 g/mol. The lowest BCUT2D eigenvalue weighted by atomic mass is 10.1. The van der Waals surface area contributed by atoms with Crippen molar-refractivity contribution in [1.82, 2.24) is 4.90 Å². The average Bonchev–Trinajstić information content (AvgIpc) is 2.49. The third-order valence-corrected chi connectivity index (χ3v) is 3.47. The van der Waals surface area contributed by atoms with Gasteiger partial charge in [0.25, 0.3) is 5.91 Å². The van der Waals surface area contributed by atoms with Gasteiger partial charge in [0.05, 0.1) is 18.6 Å². The number of carbonyl (C=O) groups is 2. The van der Waals surface area contributed by atoms with E-state index in [9.17, 15) is 14.0 Å². The fraction of sp³-hybridized carbons (Fsp3) is 0.529. The molecule has 1 aromatic rings.